The van der Waals surface area contributed by atoms with E-state index < -0.39 is 0 Å². The second-order valence-electron chi connectivity index (χ2n) is 3.84. The maximum Gasteiger partial charge on any atom is 0.322 e. The van der Waals surface area contributed by atoms with Crippen LogP contribution in [0.25, 0.3) is 0 Å². The second kappa shape index (κ2) is 5.27. The van der Waals surface area contributed by atoms with E-state index in [1.165, 1.54) is 0 Å². The lowest BCUT2D eigenvalue weighted by atomic mass is 10.2. The van der Waals surface area contributed by atoms with E-state index in [9.17, 15) is 4.79 Å². The summed E-state index contributed by atoms with van der Waals surface area (Å²) in [6.07, 6.45) is 0.915. The van der Waals surface area contributed by atoms with Crippen LogP contribution in [0.4, 0.5) is 10.5 Å². The molecule has 1 N–H and O–H groups in total. The predicted molar refractivity (Wildman–Crippen MR) is 68.0 cm³/mol. The molecule has 1 aliphatic rings. The quantitative estimate of drug-likeness (QED) is 0.882. The molecule has 1 aliphatic heterocycles. The van der Waals surface area contributed by atoms with E-state index in [2.05, 4.69) is 5.32 Å². The summed E-state index contributed by atoms with van der Waals surface area (Å²) >= 11 is 5.94. The molecule has 1 aromatic rings. The number of benzene rings is 1. The van der Waals surface area contributed by atoms with Gasteiger partial charge in [0.1, 0.15) is 12.4 Å². The van der Waals surface area contributed by atoms with Gasteiger partial charge < -0.3 is 10.1 Å². The molecular formula is C12H15ClN2O2. The number of carbonyl (C=O) groups is 1. The van der Waals surface area contributed by atoms with Crippen LogP contribution in [0.3, 0.4) is 0 Å². The molecule has 2 amide bonds. The molecule has 92 valence electrons. The fourth-order valence-electron chi connectivity index (χ4n) is 1.73. The Morgan fingerprint density at radius 3 is 3.18 bits per heavy atom. The van der Waals surface area contributed by atoms with Gasteiger partial charge in [-0.3, -0.25) is 4.90 Å². The molecule has 1 aromatic carbocycles. The first-order valence-electron chi connectivity index (χ1n) is 5.70. The van der Waals surface area contributed by atoms with E-state index in [1.807, 2.05) is 6.92 Å². The highest BCUT2D eigenvalue weighted by molar-refractivity contribution is 6.31. The van der Waals surface area contributed by atoms with E-state index in [-0.39, 0.29) is 6.03 Å². The molecule has 5 heteroatoms. The summed E-state index contributed by atoms with van der Waals surface area (Å²) in [5.74, 6) is 0.701. The van der Waals surface area contributed by atoms with Gasteiger partial charge in [0.2, 0.25) is 0 Å². The lowest BCUT2D eigenvalue weighted by Crippen LogP contribution is -2.44. The van der Waals surface area contributed by atoms with Gasteiger partial charge in [-0.15, -0.1) is 0 Å². The van der Waals surface area contributed by atoms with Crippen LogP contribution in [0.2, 0.25) is 5.02 Å². The van der Waals surface area contributed by atoms with Gasteiger partial charge in [-0.1, -0.05) is 18.5 Å². The van der Waals surface area contributed by atoms with Crippen LogP contribution in [0.5, 0.6) is 5.75 Å². The molecule has 0 saturated heterocycles. The number of amides is 2. The third-order valence-corrected chi connectivity index (χ3v) is 2.79. The Morgan fingerprint density at radius 2 is 2.41 bits per heavy atom. The molecule has 17 heavy (non-hydrogen) atoms. The minimum Gasteiger partial charge on any atom is -0.490 e. The lowest BCUT2D eigenvalue weighted by Gasteiger charge is -2.29. The van der Waals surface area contributed by atoms with Crippen molar-refractivity contribution in [3.05, 3.63) is 23.2 Å². The molecule has 2 rings (SSSR count). The first-order valence-corrected chi connectivity index (χ1v) is 6.08. The molecule has 0 saturated carbocycles. The van der Waals surface area contributed by atoms with Crippen molar-refractivity contribution in [1.82, 2.24) is 5.32 Å². The third-order valence-electron chi connectivity index (χ3n) is 2.56. The predicted octanol–water partition coefficient (Wildman–Crippen LogP) is 2.66. The third kappa shape index (κ3) is 2.64. The van der Waals surface area contributed by atoms with Gasteiger partial charge in [0.05, 0.1) is 12.2 Å². The SMILES string of the molecule is CCCNC(=O)N1CCOc2ccc(Cl)cc21. The molecule has 0 radical (unpaired) electrons. The normalized spacial score (nSPS) is 13.9. The number of hydrogen-bond acceptors (Lipinski definition) is 2. The highest BCUT2D eigenvalue weighted by Gasteiger charge is 2.23. The molecule has 0 unspecified atom stereocenters. The number of rotatable bonds is 2. The van der Waals surface area contributed by atoms with Crippen LogP contribution in [-0.2, 0) is 0 Å². The minimum absolute atomic E-state index is 0.0985. The molecule has 0 aromatic heterocycles. The van der Waals surface area contributed by atoms with Crippen LogP contribution in [0.15, 0.2) is 18.2 Å². The zero-order valence-electron chi connectivity index (χ0n) is 9.70. The molecule has 0 bridgehead atoms. The number of fused-ring (bicyclic) bond motifs is 1. The topological polar surface area (TPSA) is 41.6 Å². The van der Waals surface area contributed by atoms with Gasteiger partial charge in [0.15, 0.2) is 0 Å². The van der Waals surface area contributed by atoms with E-state index in [0.717, 1.165) is 12.1 Å². The van der Waals surface area contributed by atoms with E-state index >= 15 is 0 Å². The van der Waals surface area contributed by atoms with Crippen LogP contribution < -0.4 is 15.0 Å². The molecule has 0 spiro atoms. The first-order chi connectivity index (χ1) is 8.22. The zero-order valence-corrected chi connectivity index (χ0v) is 10.5. The number of ether oxygens (including phenoxy) is 1. The Hall–Kier alpha value is -1.42. The van der Waals surface area contributed by atoms with Gasteiger partial charge >= 0.3 is 6.03 Å². The summed E-state index contributed by atoms with van der Waals surface area (Å²) in [5.41, 5.74) is 0.734. The lowest BCUT2D eigenvalue weighted by molar-refractivity contribution is 0.240. The Kier molecular flexibility index (Phi) is 3.74. The number of nitrogens with zero attached hydrogens (tertiary/aromatic N) is 1. The monoisotopic (exact) mass is 254 g/mol. The van der Waals surface area contributed by atoms with E-state index in [4.69, 9.17) is 16.3 Å². The summed E-state index contributed by atoms with van der Waals surface area (Å²) in [6, 6.07) is 5.20. The number of halogens is 1. The van der Waals surface area contributed by atoms with Gasteiger partial charge in [-0.25, -0.2) is 4.79 Å². The Labute approximate surface area is 106 Å². The fourth-order valence-corrected chi connectivity index (χ4v) is 1.90. The highest BCUT2D eigenvalue weighted by atomic mass is 35.5. The Balaban J connectivity index is 2.21. The summed E-state index contributed by atoms with van der Waals surface area (Å²) in [4.78, 5) is 13.6. The minimum atomic E-state index is -0.0985. The molecule has 0 atom stereocenters. The maximum atomic E-state index is 11.9. The average Bonchev–Trinajstić information content (AvgIpc) is 2.35. The molecule has 1 heterocycles. The Bertz CT molecular complexity index is 423. The van der Waals surface area contributed by atoms with Gasteiger partial charge in [0, 0.05) is 11.6 Å². The number of carbonyl (C=O) groups excluding carboxylic acids is 1. The summed E-state index contributed by atoms with van der Waals surface area (Å²) in [6.45, 7) is 3.74. The number of nitrogens with one attached hydrogen (secondary N) is 1. The van der Waals surface area contributed by atoms with Crippen LogP contribution >= 0.6 is 11.6 Å². The number of anilines is 1. The van der Waals surface area contributed by atoms with Crippen LogP contribution in [0, 0.1) is 0 Å². The maximum absolute atomic E-state index is 11.9. The standard InChI is InChI=1S/C12H15ClN2O2/c1-2-5-14-12(16)15-6-7-17-11-4-3-9(13)8-10(11)15/h3-4,8H,2,5-7H2,1H3,(H,14,16). The van der Waals surface area contributed by atoms with E-state index in [1.54, 1.807) is 23.1 Å². The fraction of sp³-hybridized carbons (Fsp3) is 0.417. The van der Waals surface area contributed by atoms with Crippen molar-refractivity contribution in [2.75, 3.05) is 24.6 Å². The highest BCUT2D eigenvalue weighted by Crippen LogP contribution is 2.33. The van der Waals surface area contributed by atoms with Crippen molar-refractivity contribution in [1.29, 1.82) is 0 Å². The molecular weight excluding hydrogens is 240 g/mol. The van der Waals surface area contributed by atoms with E-state index in [0.29, 0.717) is 30.5 Å². The molecule has 0 fully saturated rings. The molecule has 0 aliphatic carbocycles. The van der Waals surface area contributed by atoms with Crippen molar-refractivity contribution in [2.45, 2.75) is 13.3 Å². The average molecular weight is 255 g/mol. The number of urea groups is 1. The first kappa shape index (κ1) is 12.0. The smallest absolute Gasteiger partial charge is 0.322 e. The van der Waals surface area contributed by atoms with Crippen molar-refractivity contribution in [3.8, 4) is 5.75 Å². The van der Waals surface area contributed by atoms with Crippen LogP contribution in [-0.4, -0.2) is 25.7 Å². The zero-order chi connectivity index (χ0) is 12.3. The summed E-state index contributed by atoms with van der Waals surface area (Å²) in [5, 5.41) is 3.45. The summed E-state index contributed by atoms with van der Waals surface area (Å²) < 4.78 is 5.48. The van der Waals surface area contributed by atoms with Gasteiger partial charge in [-0.05, 0) is 24.6 Å². The second-order valence-corrected chi connectivity index (χ2v) is 4.28. The number of hydrogen-bond donors (Lipinski definition) is 1. The Morgan fingerprint density at radius 1 is 1.59 bits per heavy atom. The van der Waals surface area contributed by atoms with Crippen LogP contribution in [0.1, 0.15) is 13.3 Å². The van der Waals surface area contributed by atoms with Gasteiger partial charge in [0.25, 0.3) is 0 Å². The molecule has 4 nitrogen and oxygen atoms in total. The largest absolute Gasteiger partial charge is 0.490 e. The van der Waals surface area contributed by atoms with Crippen molar-refractivity contribution in [3.63, 3.8) is 0 Å². The van der Waals surface area contributed by atoms with Gasteiger partial charge in [-0.2, -0.15) is 0 Å². The van der Waals surface area contributed by atoms with Crippen molar-refractivity contribution < 1.29 is 9.53 Å². The van der Waals surface area contributed by atoms with Crippen molar-refractivity contribution >= 4 is 23.3 Å². The van der Waals surface area contributed by atoms with Crippen molar-refractivity contribution in [2.24, 2.45) is 0 Å². The summed E-state index contributed by atoms with van der Waals surface area (Å²) in [7, 11) is 0.